The van der Waals surface area contributed by atoms with Crippen LogP contribution in [0.3, 0.4) is 0 Å². The zero-order valence-corrected chi connectivity index (χ0v) is 20.7. The number of rotatable bonds is 12. The van der Waals surface area contributed by atoms with Crippen molar-refractivity contribution in [3.8, 4) is 0 Å². The zero-order chi connectivity index (χ0) is 29.6. The summed E-state index contributed by atoms with van der Waals surface area (Å²) in [4.78, 5) is 22.8. The fourth-order valence-corrected chi connectivity index (χ4v) is 3.68. The molecule has 2 aliphatic rings. The van der Waals surface area contributed by atoms with Crippen LogP contribution in [-0.4, -0.2) is 174 Å². The van der Waals surface area contributed by atoms with E-state index in [4.69, 9.17) is 18.9 Å². The van der Waals surface area contributed by atoms with E-state index in [1.54, 1.807) is 0 Å². The highest BCUT2D eigenvalue weighted by atomic mass is 16.7. The molecule has 39 heavy (non-hydrogen) atoms. The molecule has 18 heteroatoms. The molecule has 0 aliphatic carbocycles. The normalized spacial score (nSPS) is 38.5. The average molecular weight is 577 g/mol. The van der Waals surface area contributed by atoms with Gasteiger partial charge in [0.2, 0.25) is 0 Å². The standard InChI is InChI=1S/C21H36O18/c1-2-9(24)39-19(34)16(31)13(28)10(25)6(23)4-35-20-18(33)15(30)12(27)8(38-20)5-36-21-17(32)14(29)11(26)7(3-22)37-21/h6-8,10-18,20-23,25-33H,2-5H2,1H3/t6-,7-,8-,10-,11-,12-,13+,14+,15+,16-,17-,18-,20+,21+/m1/s1. The van der Waals surface area contributed by atoms with E-state index >= 15 is 0 Å². The molecular formula is C21H36O18. The van der Waals surface area contributed by atoms with Gasteiger partial charge in [0, 0.05) is 6.42 Å². The zero-order valence-electron chi connectivity index (χ0n) is 20.7. The van der Waals surface area contributed by atoms with Crippen molar-refractivity contribution < 1.29 is 89.4 Å². The Morgan fingerprint density at radius 2 is 1.26 bits per heavy atom. The van der Waals surface area contributed by atoms with Gasteiger partial charge in [0.05, 0.1) is 19.8 Å². The van der Waals surface area contributed by atoms with Gasteiger partial charge in [-0.15, -0.1) is 0 Å². The Labute approximate surface area is 221 Å². The van der Waals surface area contributed by atoms with E-state index in [0.29, 0.717) is 0 Å². The summed E-state index contributed by atoms with van der Waals surface area (Å²) in [7, 11) is 0. The molecule has 2 saturated heterocycles. The Morgan fingerprint density at radius 3 is 1.79 bits per heavy atom. The number of aliphatic hydroxyl groups is 11. The lowest BCUT2D eigenvalue weighted by atomic mass is 9.98. The SMILES string of the molecule is CCC(=O)OC(=O)[C@H](O)[C@@H](O)[C@H](O)[C@H](O)CO[C@H]1O[C@H](CO[C@H]2O[C@H](CO)[C@@H](O)[C@H](O)[C@H]2O)[C@@H](O)[C@H](O)[C@H]1O. The number of carbonyl (C=O) groups excluding carboxylic acids is 2. The van der Waals surface area contributed by atoms with E-state index in [2.05, 4.69) is 4.74 Å². The summed E-state index contributed by atoms with van der Waals surface area (Å²) in [6.07, 6.45) is -26.1. The maximum atomic E-state index is 11.6. The molecule has 0 aromatic heterocycles. The lowest BCUT2D eigenvalue weighted by Gasteiger charge is -2.42. The molecule has 0 saturated carbocycles. The summed E-state index contributed by atoms with van der Waals surface area (Å²) in [6, 6.07) is 0. The Kier molecular flexibility index (Phi) is 12.9. The number of aliphatic hydroxyl groups excluding tert-OH is 11. The van der Waals surface area contributed by atoms with Gasteiger partial charge in [0.15, 0.2) is 18.7 Å². The fraction of sp³-hybridized carbons (Fsp3) is 0.905. The molecule has 0 bridgehead atoms. The molecule has 2 heterocycles. The summed E-state index contributed by atoms with van der Waals surface area (Å²) >= 11 is 0. The molecule has 0 aromatic rings. The van der Waals surface area contributed by atoms with Crippen LogP contribution in [0.25, 0.3) is 0 Å². The number of hydrogen-bond donors (Lipinski definition) is 11. The van der Waals surface area contributed by atoms with E-state index in [-0.39, 0.29) is 6.42 Å². The topological polar surface area (TPSA) is 303 Å². The van der Waals surface area contributed by atoms with Crippen molar-refractivity contribution >= 4 is 11.9 Å². The Hall–Kier alpha value is -1.46. The van der Waals surface area contributed by atoms with Crippen LogP contribution < -0.4 is 0 Å². The Balaban J connectivity index is 1.94. The highest BCUT2D eigenvalue weighted by molar-refractivity contribution is 5.87. The van der Waals surface area contributed by atoms with Crippen molar-refractivity contribution in [2.75, 3.05) is 19.8 Å². The van der Waals surface area contributed by atoms with Crippen molar-refractivity contribution in [1.82, 2.24) is 0 Å². The van der Waals surface area contributed by atoms with Crippen molar-refractivity contribution in [2.24, 2.45) is 0 Å². The Morgan fingerprint density at radius 1 is 0.744 bits per heavy atom. The molecule has 0 aromatic carbocycles. The third kappa shape index (κ3) is 8.28. The van der Waals surface area contributed by atoms with Gasteiger partial charge < -0.3 is 79.9 Å². The molecule has 14 atom stereocenters. The predicted octanol–water partition coefficient (Wildman–Crippen LogP) is -7.45. The molecule has 0 amide bonds. The highest BCUT2D eigenvalue weighted by Crippen LogP contribution is 2.26. The third-order valence-electron chi connectivity index (χ3n) is 6.19. The minimum atomic E-state index is -2.41. The van der Waals surface area contributed by atoms with E-state index in [0.717, 1.165) is 0 Å². The minimum Gasteiger partial charge on any atom is -0.394 e. The van der Waals surface area contributed by atoms with Gasteiger partial charge in [0.1, 0.15) is 67.1 Å². The van der Waals surface area contributed by atoms with Gasteiger partial charge in [-0.3, -0.25) is 4.79 Å². The molecule has 0 radical (unpaired) electrons. The van der Waals surface area contributed by atoms with Gasteiger partial charge in [-0.1, -0.05) is 6.92 Å². The summed E-state index contributed by atoms with van der Waals surface area (Å²) < 4.78 is 25.1. The number of ether oxygens (including phenoxy) is 5. The van der Waals surface area contributed by atoms with Crippen LogP contribution in [0.1, 0.15) is 13.3 Å². The average Bonchev–Trinajstić information content (AvgIpc) is 2.92. The van der Waals surface area contributed by atoms with Crippen molar-refractivity contribution in [3.05, 3.63) is 0 Å². The maximum Gasteiger partial charge on any atom is 0.345 e. The van der Waals surface area contributed by atoms with Gasteiger partial charge in [-0.2, -0.15) is 0 Å². The van der Waals surface area contributed by atoms with Crippen LogP contribution in [0.4, 0.5) is 0 Å². The van der Waals surface area contributed by atoms with E-state index in [1.807, 2.05) is 0 Å². The first-order chi connectivity index (χ1) is 18.2. The summed E-state index contributed by atoms with van der Waals surface area (Å²) in [5.74, 6) is -2.59. The molecule has 2 rings (SSSR count). The van der Waals surface area contributed by atoms with Gasteiger partial charge in [0.25, 0.3) is 0 Å². The van der Waals surface area contributed by atoms with Crippen molar-refractivity contribution in [2.45, 2.75) is 99.2 Å². The molecular weight excluding hydrogens is 540 g/mol. The second-order valence-electron chi connectivity index (χ2n) is 9.02. The first-order valence-corrected chi connectivity index (χ1v) is 11.9. The largest absolute Gasteiger partial charge is 0.394 e. The van der Waals surface area contributed by atoms with E-state index in [9.17, 15) is 65.8 Å². The molecule has 0 spiro atoms. The fourth-order valence-electron chi connectivity index (χ4n) is 3.68. The first kappa shape index (κ1) is 33.7. The summed E-state index contributed by atoms with van der Waals surface area (Å²) in [5.41, 5.74) is 0. The quantitative estimate of drug-likeness (QED) is 0.0759. The number of hydrogen-bond acceptors (Lipinski definition) is 18. The van der Waals surface area contributed by atoms with Crippen LogP contribution in [0.2, 0.25) is 0 Å². The number of carbonyl (C=O) groups is 2. The van der Waals surface area contributed by atoms with Gasteiger partial charge in [-0.25, -0.2) is 4.79 Å². The van der Waals surface area contributed by atoms with Crippen molar-refractivity contribution in [1.29, 1.82) is 0 Å². The Bertz CT molecular complexity index is 782. The maximum absolute atomic E-state index is 11.6. The smallest absolute Gasteiger partial charge is 0.345 e. The van der Waals surface area contributed by atoms with Gasteiger partial charge >= 0.3 is 11.9 Å². The van der Waals surface area contributed by atoms with Crippen LogP contribution in [0.5, 0.6) is 0 Å². The molecule has 2 fully saturated rings. The van der Waals surface area contributed by atoms with Crippen LogP contribution in [0, 0.1) is 0 Å². The summed E-state index contributed by atoms with van der Waals surface area (Å²) in [5, 5.41) is 109. The summed E-state index contributed by atoms with van der Waals surface area (Å²) in [6.45, 7) is -0.939. The lowest BCUT2D eigenvalue weighted by Crippen LogP contribution is -2.62. The second kappa shape index (κ2) is 15.0. The van der Waals surface area contributed by atoms with Crippen molar-refractivity contribution in [3.63, 3.8) is 0 Å². The number of esters is 2. The van der Waals surface area contributed by atoms with Crippen LogP contribution in [0.15, 0.2) is 0 Å². The minimum absolute atomic E-state index is 0.216. The van der Waals surface area contributed by atoms with Gasteiger partial charge in [-0.05, 0) is 0 Å². The molecule has 2 aliphatic heterocycles. The molecule has 11 N–H and O–H groups in total. The monoisotopic (exact) mass is 576 g/mol. The van der Waals surface area contributed by atoms with Crippen LogP contribution >= 0.6 is 0 Å². The lowest BCUT2D eigenvalue weighted by molar-refractivity contribution is -0.333. The second-order valence-corrected chi connectivity index (χ2v) is 9.02. The molecule has 228 valence electrons. The van der Waals surface area contributed by atoms with Crippen LogP contribution in [-0.2, 0) is 33.3 Å². The molecule has 0 unspecified atom stereocenters. The third-order valence-corrected chi connectivity index (χ3v) is 6.19. The highest BCUT2D eigenvalue weighted by Gasteiger charge is 2.48. The van der Waals surface area contributed by atoms with E-state index in [1.165, 1.54) is 6.92 Å². The first-order valence-electron chi connectivity index (χ1n) is 11.9. The van der Waals surface area contributed by atoms with E-state index < -0.39 is 118 Å². The molecule has 18 nitrogen and oxygen atoms in total. The predicted molar refractivity (Wildman–Crippen MR) is 118 cm³/mol.